The highest BCUT2D eigenvalue weighted by atomic mass is 32.1. The number of thiophene rings is 1. The van der Waals surface area contributed by atoms with Crippen molar-refractivity contribution < 1.29 is 10.0 Å². The Morgan fingerprint density at radius 2 is 1.83 bits per heavy atom. The van der Waals surface area contributed by atoms with Gasteiger partial charge in [0, 0.05) is 27.7 Å². The van der Waals surface area contributed by atoms with Crippen LogP contribution in [0.1, 0.15) is 15.2 Å². The zero-order valence-corrected chi connectivity index (χ0v) is 16.6. The van der Waals surface area contributed by atoms with Gasteiger partial charge >= 0.3 is 0 Å². The lowest BCUT2D eigenvalue weighted by Crippen LogP contribution is -2.13. The van der Waals surface area contributed by atoms with E-state index in [0.717, 1.165) is 26.4 Å². The van der Waals surface area contributed by atoms with Gasteiger partial charge in [-0.2, -0.15) is 0 Å². The third-order valence-corrected chi connectivity index (χ3v) is 5.61. The molecule has 0 atom stereocenters. The summed E-state index contributed by atoms with van der Waals surface area (Å²) in [5.74, 6) is -0.240. The number of amides is 1. The van der Waals surface area contributed by atoms with Crippen LogP contribution in [0, 0.1) is 0 Å². The molecule has 2 aromatic heterocycles. The second kappa shape index (κ2) is 8.59. The van der Waals surface area contributed by atoms with Crippen molar-refractivity contribution >= 4 is 34.8 Å². The average molecular weight is 414 g/mol. The van der Waals surface area contributed by atoms with Crippen LogP contribution in [-0.2, 0) is 0 Å². The molecule has 0 radical (unpaired) electrons. The van der Waals surface area contributed by atoms with Crippen molar-refractivity contribution in [2.24, 2.45) is 5.16 Å². The Morgan fingerprint density at radius 1 is 1.03 bits per heavy atom. The van der Waals surface area contributed by atoms with Crippen molar-refractivity contribution in [3.05, 3.63) is 89.6 Å². The molecule has 0 aliphatic carbocycles. The molecule has 0 aliphatic rings. The highest BCUT2D eigenvalue weighted by Crippen LogP contribution is 2.32. The quantitative estimate of drug-likeness (QED) is 0.183. The summed E-state index contributed by atoms with van der Waals surface area (Å²) in [5, 5.41) is 14.6. The van der Waals surface area contributed by atoms with Crippen molar-refractivity contribution in [2.75, 3.05) is 11.1 Å². The first-order valence-corrected chi connectivity index (χ1v) is 9.94. The number of hydrogen-bond acceptors (Lipinski definition) is 6. The molecular weight excluding hydrogens is 396 g/mol. The van der Waals surface area contributed by atoms with Crippen LogP contribution in [0.15, 0.2) is 84.3 Å². The third kappa shape index (κ3) is 4.21. The standard InChI is InChI=1S/C23H18N4O2S/c24-20-9-7-17(22-10-8-19(30-22)14-26-29)12-21(20)27-23(28)16-5-3-15(4-6-16)18-2-1-11-25-13-18/h1-14,29H,24H2,(H,27,28)/b26-14+. The molecule has 0 aliphatic heterocycles. The molecule has 1 amide bonds. The van der Waals surface area contributed by atoms with Crippen molar-refractivity contribution in [2.45, 2.75) is 0 Å². The Bertz CT molecular complexity index is 1200. The Morgan fingerprint density at radius 3 is 2.57 bits per heavy atom. The first-order valence-electron chi connectivity index (χ1n) is 9.13. The normalized spacial score (nSPS) is 10.9. The molecule has 4 N–H and O–H groups in total. The minimum absolute atomic E-state index is 0.240. The molecule has 0 unspecified atom stereocenters. The summed E-state index contributed by atoms with van der Waals surface area (Å²) in [5.41, 5.74) is 10.5. The summed E-state index contributed by atoms with van der Waals surface area (Å²) in [6, 6.07) is 20.4. The van der Waals surface area contributed by atoms with Crippen LogP contribution in [0.4, 0.5) is 11.4 Å². The first kappa shape index (κ1) is 19.4. The highest BCUT2D eigenvalue weighted by Gasteiger charge is 2.11. The molecule has 7 heteroatoms. The van der Waals surface area contributed by atoms with Crippen LogP contribution < -0.4 is 11.1 Å². The van der Waals surface area contributed by atoms with Crippen molar-refractivity contribution in [3.8, 4) is 21.6 Å². The fraction of sp³-hybridized carbons (Fsp3) is 0. The molecule has 4 aromatic rings. The first-order chi connectivity index (χ1) is 14.6. The lowest BCUT2D eigenvalue weighted by atomic mass is 10.1. The topological polar surface area (TPSA) is 101 Å². The molecule has 6 nitrogen and oxygen atoms in total. The molecule has 2 aromatic carbocycles. The maximum atomic E-state index is 12.7. The smallest absolute Gasteiger partial charge is 0.255 e. The van der Waals surface area contributed by atoms with E-state index in [1.165, 1.54) is 17.6 Å². The predicted molar refractivity (Wildman–Crippen MR) is 121 cm³/mol. The number of anilines is 2. The van der Waals surface area contributed by atoms with Crippen LogP contribution in [0.3, 0.4) is 0 Å². The van der Waals surface area contributed by atoms with Crippen molar-refractivity contribution in [1.29, 1.82) is 0 Å². The number of carbonyl (C=O) groups is 1. The average Bonchev–Trinajstić information content (AvgIpc) is 3.25. The monoisotopic (exact) mass is 414 g/mol. The molecular formula is C23H18N4O2S. The number of nitrogens with two attached hydrogens (primary N) is 1. The van der Waals surface area contributed by atoms with E-state index in [-0.39, 0.29) is 5.91 Å². The molecule has 0 fully saturated rings. The molecule has 0 spiro atoms. The Kier molecular flexibility index (Phi) is 5.54. The van der Waals surface area contributed by atoms with Gasteiger partial charge in [0.05, 0.1) is 17.6 Å². The summed E-state index contributed by atoms with van der Waals surface area (Å²) >= 11 is 1.47. The maximum Gasteiger partial charge on any atom is 0.255 e. The van der Waals surface area contributed by atoms with E-state index in [1.54, 1.807) is 30.6 Å². The van der Waals surface area contributed by atoms with E-state index in [2.05, 4.69) is 15.5 Å². The lowest BCUT2D eigenvalue weighted by molar-refractivity contribution is 0.102. The summed E-state index contributed by atoms with van der Waals surface area (Å²) in [6.45, 7) is 0. The molecule has 0 bridgehead atoms. The van der Waals surface area contributed by atoms with Gasteiger partial charge in [-0.15, -0.1) is 11.3 Å². The SMILES string of the molecule is Nc1ccc(-c2ccc(/C=N/O)s2)cc1NC(=O)c1ccc(-c2cccnc2)cc1. The summed E-state index contributed by atoms with van der Waals surface area (Å²) in [7, 11) is 0. The van der Waals surface area contributed by atoms with Gasteiger partial charge in [-0.1, -0.05) is 29.4 Å². The number of nitrogens with zero attached hydrogens (tertiary/aromatic N) is 2. The third-order valence-electron chi connectivity index (χ3n) is 4.54. The predicted octanol–water partition coefficient (Wildman–Crippen LogP) is 5.12. The second-order valence-electron chi connectivity index (χ2n) is 6.52. The number of oxime groups is 1. The van der Waals surface area contributed by atoms with E-state index in [1.807, 2.05) is 48.5 Å². The van der Waals surface area contributed by atoms with Gasteiger partial charge in [-0.3, -0.25) is 9.78 Å². The number of nitrogen functional groups attached to an aromatic ring is 1. The van der Waals surface area contributed by atoms with E-state index in [9.17, 15) is 4.79 Å². The molecule has 30 heavy (non-hydrogen) atoms. The lowest BCUT2D eigenvalue weighted by Gasteiger charge is -2.10. The van der Waals surface area contributed by atoms with Crippen LogP contribution in [0.5, 0.6) is 0 Å². The summed E-state index contributed by atoms with van der Waals surface area (Å²) in [4.78, 5) is 18.6. The van der Waals surface area contributed by atoms with Crippen LogP contribution in [0.25, 0.3) is 21.6 Å². The minimum atomic E-state index is -0.240. The highest BCUT2D eigenvalue weighted by molar-refractivity contribution is 7.17. The zero-order valence-electron chi connectivity index (χ0n) is 15.8. The summed E-state index contributed by atoms with van der Waals surface area (Å²) in [6.07, 6.45) is 4.88. The van der Waals surface area contributed by atoms with Gasteiger partial charge in [0.2, 0.25) is 0 Å². The van der Waals surface area contributed by atoms with Gasteiger partial charge in [0.25, 0.3) is 5.91 Å². The summed E-state index contributed by atoms with van der Waals surface area (Å²) < 4.78 is 0. The fourth-order valence-corrected chi connectivity index (χ4v) is 3.86. The maximum absolute atomic E-state index is 12.7. The largest absolute Gasteiger partial charge is 0.411 e. The second-order valence-corrected chi connectivity index (χ2v) is 7.64. The van der Waals surface area contributed by atoms with E-state index in [0.29, 0.717) is 16.9 Å². The van der Waals surface area contributed by atoms with Gasteiger partial charge in [-0.25, -0.2) is 0 Å². The zero-order chi connectivity index (χ0) is 20.9. The molecule has 2 heterocycles. The van der Waals surface area contributed by atoms with Crippen LogP contribution >= 0.6 is 11.3 Å². The number of rotatable bonds is 5. The minimum Gasteiger partial charge on any atom is -0.411 e. The number of carbonyl (C=O) groups excluding carboxylic acids is 1. The number of nitrogens with one attached hydrogen (secondary N) is 1. The van der Waals surface area contributed by atoms with Gasteiger partial charge in [0.15, 0.2) is 0 Å². The van der Waals surface area contributed by atoms with E-state index < -0.39 is 0 Å². The molecule has 0 saturated carbocycles. The molecule has 0 saturated heterocycles. The van der Waals surface area contributed by atoms with Crippen LogP contribution in [0.2, 0.25) is 0 Å². The van der Waals surface area contributed by atoms with Crippen molar-refractivity contribution in [1.82, 2.24) is 4.98 Å². The van der Waals surface area contributed by atoms with E-state index >= 15 is 0 Å². The van der Waals surface area contributed by atoms with Gasteiger partial charge in [0.1, 0.15) is 0 Å². The number of pyridine rings is 1. The number of hydrogen-bond donors (Lipinski definition) is 3. The van der Waals surface area contributed by atoms with Crippen molar-refractivity contribution in [3.63, 3.8) is 0 Å². The number of benzene rings is 2. The van der Waals surface area contributed by atoms with Crippen LogP contribution in [-0.4, -0.2) is 22.3 Å². The molecule has 148 valence electrons. The van der Waals surface area contributed by atoms with Gasteiger partial charge in [-0.05, 0) is 59.2 Å². The van der Waals surface area contributed by atoms with Gasteiger partial charge < -0.3 is 16.3 Å². The molecule has 4 rings (SSSR count). The fourth-order valence-electron chi connectivity index (χ4n) is 2.99. The Labute approximate surface area is 177 Å². The Hall–Kier alpha value is -3.97. The Balaban J connectivity index is 1.54. The van der Waals surface area contributed by atoms with E-state index in [4.69, 9.17) is 10.9 Å². The number of aromatic nitrogens is 1.